The molecule has 0 radical (unpaired) electrons. The van der Waals surface area contributed by atoms with Crippen molar-refractivity contribution in [3.05, 3.63) is 76.9 Å². The summed E-state index contributed by atoms with van der Waals surface area (Å²) in [4.78, 5) is 30.9. The predicted molar refractivity (Wildman–Crippen MR) is 122 cm³/mol. The van der Waals surface area contributed by atoms with Crippen LogP contribution in [0.3, 0.4) is 0 Å². The van der Waals surface area contributed by atoms with Crippen LogP contribution in [-0.4, -0.2) is 26.8 Å². The second-order valence-corrected chi connectivity index (χ2v) is 9.25. The molecule has 35 heavy (non-hydrogen) atoms. The summed E-state index contributed by atoms with van der Waals surface area (Å²) in [5.74, 6) is -2.60. The lowest BCUT2D eigenvalue weighted by atomic mass is 9.87. The van der Waals surface area contributed by atoms with Crippen LogP contribution < -0.4 is 10.1 Å². The fraction of sp³-hybridized carbons (Fsp3) is 0.320. The fourth-order valence-corrected chi connectivity index (χ4v) is 3.34. The molecule has 0 unspecified atom stereocenters. The summed E-state index contributed by atoms with van der Waals surface area (Å²) >= 11 is 0. The molecular weight excluding hydrogens is 463 g/mol. The first-order valence-corrected chi connectivity index (χ1v) is 10.8. The number of H-pyrrole nitrogens is 1. The van der Waals surface area contributed by atoms with E-state index in [2.05, 4.69) is 15.3 Å². The van der Waals surface area contributed by atoms with Crippen LogP contribution in [0.1, 0.15) is 64.7 Å². The van der Waals surface area contributed by atoms with Crippen LogP contribution in [0.2, 0.25) is 0 Å². The minimum absolute atomic E-state index is 0.0211. The molecule has 0 aliphatic carbocycles. The number of amides is 1. The number of carbonyl (C=O) groups excluding carboxylic acids is 2. The Labute approximate surface area is 200 Å². The molecule has 0 saturated heterocycles. The van der Waals surface area contributed by atoms with Crippen molar-refractivity contribution in [2.75, 3.05) is 0 Å². The Kier molecular flexibility index (Phi) is 7.52. The van der Waals surface area contributed by atoms with Crippen LogP contribution in [0.5, 0.6) is 11.5 Å². The maximum absolute atomic E-state index is 13.7. The number of hydrogen-bond acceptors (Lipinski definition) is 5. The van der Waals surface area contributed by atoms with E-state index < -0.39 is 34.4 Å². The number of nitrogens with one attached hydrogen (secondary N) is 2. The molecule has 0 spiro atoms. The lowest BCUT2D eigenvalue weighted by Gasteiger charge is -2.20. The first kappa shape index (κ1) is 25.8. The zero-order chi connectivity index (χ0) is 25.8. The van der Waals surface area contributed by atoms with E-state index in [9.17, 15) is 27.9 Å². The van der Waals surface area contributed by atoms with Crippen molar-refractivity contribution >= 4 is 11.7 Å². The number of hydrogen-bond donors (Lipinski definition) is 3. The van der Waals surface area contributed by atoms with E-state index >= 15 is 0 Å². The Balaban J connectivity index is 1.70. The first-order chi connectivity index (χ1) is 16.3. The SMILES string of the molecule is CC(C)(C)CC(=O)c1ccc(OCc2ccc(CNC(=O)c3cnc[nH]3)cc2)c(C(F)(F)F)c1O. The maximum atomic E-state index is 13.7. The zero-order valence-corrected chi connectivity index (χ0v) is 19.5. The number of aromatic hydroxyl groups is 1. The van der Waals surface area contributed by atoms with Gasteiger partial charge >= 0.3 is 6.18 Å². The average Bonchev–Trinajstić information content (AvgIpc) is 3.29. The van der Waals surface area contributed by atoms with Gasteiger partial charge in [0.15, 0.2) is 5.78 Å². The van der Waals surface area contributed by atoms with Gasteiger partial charge in [0.05, 0.1) is 18.1 Å². The molecule has 0 bridgehead atoms. The molecule has 2 aromatic carbocycles. The number of alkyl halides is 3. The second-order valence-electron chi connectivity index (χ2n) is 9.25. The number of ketones is 1. The van der Waals surface area contributed by atoms with E-state index in [1.807, 2.05) is 0 Å². The summed E-state index contributed by atoms with van der Waals surface area (Å²) in [6.45, 7) is 5.39. The Morgan fingerprint density at radius 2 is 1.71 bits per heavy atom. The second kappa shape index (κ2) is 10.2. The highest BCUT2D eigenvalue weighted by molar-refractivity contribution is 5.99. The minimum atomic E-state index is -4.92. The van der Waals surface area contributed by atoms with Crippen molar-refractivity contribution in [1.29, 1.82) is 0 Å². The number of Topliss-reactive ketones (excluding diaryl/α,β-unsaturated/α-hetero) is 1. The van der Waals surface area contributed by atoms with Crippen molar-refractivity contribution in [3.8, 4) is 11.5 Å². The monoisotopic (exact) mass is 489 g/mol. The van der Waals surface area contributed by atoms with Crippen molar-refractivity contribution in [2.45, 2.75) is 46.5 Å². The van der Waals surface area contributed by atoms with Gasteiger partial charge in [-0.05, 0) is 28.7 Å². The topological polar surface area (TPSA) is 104 Å². The van der Waals surface area contributed by atoms with Gasteiger partial charge in [-0.1, -0.05) is 45.0 Å². The van der Waals surface area contributed by atoms with Crippen LogP contribution in [-0.2, 0) is 19.3 Å². The minimum Gasteiger partial charge on any atom is -0.506 e. The standard InChI is InChI=1S/C25H26F3N3O4/c1-24(2,3)10-19(32)17-8-9-20(21(22(17)33)25(26,27)28)35-13-16-6-4-15(5-7-16)11-30-23(34)18-12-29-14-31-18/h4-9,12,14,33H,10-11,13H2,1-3H3,(H,29,31)(H,30,34). The number of aromatic amines is 1. The lowest BCUT2D eigenvalue weighted by Crippen LogP contribution is -2.23. The smallest absolute Gasteiger partial charge is 0.423 e. The molecule has 1 aromatic heterocycles. The molecule has 3 aromatic rings. The molecule has 10 heteroatoms. The van der Waals surface area contributed by atoms with Gasteiger partial charge in [-0.2, -0.15) is 13.2 Å². The summed E-state index contributed by atoms with van der Waals surface area (Å²) in [6.07, 6.45) is -2.15. The molecule has 0 atom stereocenters. The summed E-state index contributed by atoms with van der Waals surface area (Å²) < 4.78 is 46.6. The number of halogens is 3. The third kappa shape index (κ3) is 6.84. The largest absolute Gasteiger partial charge is 0.506 e. The van der Waals surface area contributed by atoms with Crippen LogP contribution in [0, 0.1) is 5.41 Å². The molecule has 1 amide bonds. The van der Waals surface area contributed by atoms with E-state index in [-0.39, 0.29) is 31.0 Å². The van der Waals surface area contributed by atoms with E-state index in [0.29, 0.717) is 11.3 Å². The van der Waals surface area contributed by atoms with Gasteiger partial charge in [-0.25, -0.2) is 4.98 Å². The number of nitrogens with zero attached hydrogens (tertiary/aromatic N) is 1. The first-order valence-electron chi connectivity index (χ1n) is 10.8. The molecule has 0 aliphatic rings. The van der Waals surface area contributed by atoms with Crippen LogP contribution in [0.4, 0.5) is 13.2 Å². The molecule has 3 N–H and O–H groups in total. The van der Waals surface area contributed by atoms with E-state index in [0.717, 1.165) is 17.7 Å². The third-order valence-electron chi connectivity index (χ3n) is 5.03. The number of benzene rings is 2. The van der Waals surface area contributed by atoms with Crippen LogP contribution >= 0.6 is 0 Å². The number of phenols is 1. The van der Waals surface area contributed by atoms with Gasteiger partial charge in [0.25, 0.3) is 5.91 Å². The normalized spacial score (nSPS) is 11.8. The highest BCUT2D eigenvalue weighted by Crippen LogP contribution is 2.44. The van der Waals surface area contributed by atoms with Gasteiger partial charge < -0.3 is 20.1 Å². The number of rotatable bonds is 8. The molecule has 0 saturated carbocycles. The Bertz CT molecular complexity index is 1180. The third-order valence-corrected chi connectivity index (χ3v) is 5.03. The summed E-state index contributed by atoms with van der Waals surface area (Å²) in [5, 5.41) is 13.0. The number of aromatic nitrogens is 2. The summed E-state index contributed by atoms with van der Waals surface area (Å²) in [5.41, 5.74) is -0.544. The maximum Gasteiger partial charge on any atom is 0.423 e. The molecule has 1 heterocycles. The zero-order valence-electron chi connectivity index (χ0n) is 19.5. The number of imidazole rings is 1. The Hall–Kier alpha value is -3.82. The van der Waals surface area contributed by atoms with Crippen LogP contribution in [0.25, 0.3) is 0 Å². The van der Waals surface area contributed by atoms with E-state index in [4.69, 9.17) is 4.74 Å². The highest BCUT2D eigenvalue weighted by Gasteiger charge is 2.40. The Morgan fingerprint density at radius 3 is 2.29 bits per heavy atom. The van der Waals surface area contributed by atoms with Crippen LogP contribution in [0.15, 0.2) is 48.9 Å². The quantitative estimate of drug-likeness (QED) is 0.375. The van der Waals surface area contributed by atoms with Crippen molar-refractivity contribution < 1.29 is 32.6 Å². The van der Waals surface area contributed by atoms with Gasteiger partial charge in [0, 0.05) is 13.0 Å². The van der Waals surface area contributed by atoms with Crippen molar-refractivity contribution in [1.82, 2.24) is 15.3 Å². The molecule has 0 aliphatic heterocycles. The number of phenolic OH excluding ortho intramolecular Hbond substituents is 1. The van der Waals surface area contributed by atoms with E-state index in [1.54, 1.807) is 45.0 Å². The number of ether oxygens (including phenoxy) is 1. The van der Waals surface area contributed by atoms with Crippen molar-refractivity contribution in [3.63, 3.8) is 0 Å². The molecule has 0 fully saturated rings. The predicted octanol–water partition coefficient (Wildman–Crippen LogP) is 5.26. The molecule has 186 valence electrons. The van der Waals surface area contributed by atoms with Gasteiger partial charge in [-0.15, -0.1) is 0 Å². The van der Waals surface area contributed by atoms with Gasteiger partial charge in [0.1, 0.15) is 29.4 Å². The van der Waals surface area contributed by atoms with Gasteiger partial charge in [-0.3, -0.25) is 9.59 Å². The van der Waals surface area contributed by atoms with Crippen molar-refractivity contribution in [2.24, 2.45) is 5.41 Å². The highest BCUT2D eigenvalue weighted by atomic mass is 19.4. The number of carbonyl (C=O) groups is 2. The summed E-state index contributed by atoms with van der Waals surface area (Å²) in [7, 11) is 0. The van der Waals surface area contributed by atoms with Gasteiger partial charge in [0.2, 0.25) is 0 Å². The van der Waals surface area contributed by atoms with E-state index in [1.165, 1.54) is 12.5 Å². The lowest BCUT2D eigenvalue weighted by molar-refractivity contribution is -0.140. The Morgan fingerprint density at radius 1 is 1.06 bits per heavy atom. The fourth-order valence-electron chi connectivity index (χ4n) is 3.34. The molecule has 3 rings (SSSR count). The average molecular weight is 489 g/mol. The summed E-state index contributed by atoms with van der Waals surface area (Å²) in [6, 6.07) is 8.94. The molecule has 7 nitrogen and oxygen atoms in total. The molecular formula is C25H26F3N3O4.